The summed E-state index contributed by atoms with van der Waals surface area (Å²) >= 11 is 0. The molecule has 152 valence electrons. The predicted octanol–water partition coefficient (Wildman–Crippen LogP) is 4.62. The molecular weight excluding hydrogens is 371 g/mol. The number of carbonyl (C=O) groups excluding carboxylic acids is 1. The molecule has 4 nitrogen and oxygen atoms in total. The van der Waals surface area contributed by atoms with Gasteiger partial charge in [0.25, 0.3) is 5.91 Å². The Morgan fingerprint density at radius 2 is 1.79 bits per heavy atom. The Labute approximate surface area is 162 Å². The molecule has 0 aliphatic rings. The normalized spacial score (nSPS) is 11.4. The summed E-state index contributed by atoms with van der Waals surface area (Å²) in [6.45, 7) is 4.05. The van der Waals surface area contributed by atoms with Crippen LogP contribution in [0.3, 0.4) is 0 Å². The number of halogens is 3. The number of nitrogens with one attached hydrogen (secondary N) is 1. The molecule has 2 rings (SSSR count). The number of aryl methyl sites for hydroxylation is 1. The quantitative estimate of drug-likeness (QED) is 0.631. The summed E-state index contributed by atoms with van der Waals surface area (Å²) in [5, 5.41) is 2.69. The summed E-state index contributed by atoms with van der Waals surface area (Å²) < 4.78 is 48.7. The highest BCUT2D eigenvalue weighted by Crippen LogP contribution is 2.31. The van der Waals surface area contributed by atoms with Crippen molar-refractivity contribution in [2.75, 3.05) is 13.2 Å². The van der Waals surface area contributed by atoms with Gasteiger partial charge in [0.1, 0.15) is 11.5 Å². The van der Waals surface area contributed by atoms with Gasteiger partial charge >= 0.3 is 6.18 Å². The minimum Gasteiger partial charge on any atom is -0.491 e. The van der Waals surface area contributed by atoms with Gasteiger partial charge in [0, 0.05) is 6.54 Å². The van der Waals surface area contributed by atoms with E-state index in [4.69, 9.17) is 9.47 Å². The van der Waals surface area contributed by atoms with Gasteiger partial charge in [-0.3, -0.25) is 4.79 Å². The molecule has 1 amide bonds. The number of hydrogen-bond donors (Lipinski definition) is 1. The molecule has 0 aliphatic carbocycles. The molecule has 0 aliphatic heterocycles. The molecule has 0 spiro atoms. The lowest BCUT2D eigenvalue weighted by molar-refractivity contribution is -0.137. The van der Waals surface area contributed by atoms with Crippen LogP contribution in [0.5, 0.6) is 11.5 Å². The number of ether oxygens (including phenoxy) is 2. The van der Waals surface area contributed by atoms with Gasteiger partial charge < -0.3 is 14.8 Å². The first kappa shape index (κ1) is 21.6. The SMILES string of the molecule is CC(C)Oc1ccc(CCCNC(=O)COc2cccc(C(F)(F)F)c2)cc1. The molecule has 28 heavy (non-hydrogen) atoms. The van der Waals surface area contributed by atoms with Gasteiger partial charge in [-0.25, -0.2) is 0 Å². The summed E-state index contributed by atoms with van der Waals surface area (Å²) in [4.78, 5) is 11.8. The number of carbonyl (C=O) groups is 1. The van der Waals surface area contributed by atoms with Crippen molar-refractivity contribution in [3.8, 4) is 11.5 Å². The van der Waals surface area contributed by atoms with Crippen molar-refractivity contribution >= 4 is 5.91 Å². The van der Waals surface area contributed by atoms with Crippen molar-refractivity contribution in [3.63, 3.8) is 0 Å². The van der Waals surface area contributed by atoms with Gasteiger partial charge in [-0.1, -0.05) is 18.2 Å². The van der Waals surface area contributed by atoms with Crippen molar-refractivity contribution in [2.45, 2.75) is 39.0 Å². The molecule has 0 saturated heterocycles. The first-order chi connectivity index (χ1) is 13.2. The zero-order valence-corrected chi connectivity index (χ0v) is 15.9. The number of amides is 1. The van der Waals surface area contributed by atoms with Crippen molar-refractivity contribution in [1.29, 1.82) is 0 Å². The Kier molecular flexibility index (Phi) is 7.72. The van der Waals surface area contributed by atoms with E-state index in [9.17, 15) is 18.0 Å². The zero-order valence-electron chi connectivity index (χ0n) is 15.9. The molecule has 0 atom stereocenters. The maximum absolute atomic E-state index is 12.6. The van der Waals surface area contributed by atoms with Gasteiger partial charge in [-0.2, -0.15) is 13.2 Å². The monoisotopic (exact) mass is 395 g/mol. The Morgan fingerprint density at radius 3 is 2.43 bits per heavy atom. The van der Waals surface area contributed by atoms with E-state index in [1.807, 2.05) is 38.1 Å². The van der Waals surface area contributed by atoms with E-state index in [-0.39, 0.29) is 24.4 Å². The first-order valence-electron chi connectivity index (χ1n) is 9.06. The van der Waals surface area contributed by atoms with E-state index in [1.54, 1.807) is 0 Å². The van der Waals surface area contributed by atoms with Crippen LogP contribution in [0.4, 0.5) is 13.2 Å². The fraction of sp³-hybridized carbons (Fsp3) is 0.381. The summed E-state index contributed by atoms with van der Waals surface area (Å²) in [5.74, 6) is 0.450. The van der Waals surface area contributed by atoms with E-state index >= 15 is 0 Å². The Bertz CT molecular complexity index is 758. The number of hydrogen-bond acceptors (Lipinski definition) is 3. The lowest BCUT2D eigenvalue weighted by Crippen LogP contribution is -2.29. The van der Waals surface area contributed by atoms with Crippen molar-refractivity contribution in [1.82, 2.24) is 5.32 Å². The van der Waals surface area contributed by atoms with E-state index in [1.165, 1.54) is 12.1 Å². The fourth-order valence-electron chi connectivity index (χ4n) is 2.49. The second kappa shape index (κ2) is 10.0. The van der Waals surface area contributed by atoms with Crippen molar-refractivity contribution in [2.24, 2.45) is 0 Å². The summed E-state index contributed by atoms with van der Waals surface area (Å²) in [5.41, 5.74) is 0.320. The summed E-state index contributed by atoms with van der Waals surface area (Å²) in [6, 6.07) is 12.2. The average molecular weight is 395 g/mol. The molecule has 2 aromatic rings. The molecule has 0 heterocycles. The third-order valence-corrected chi connectivity index (χ3v) is 3.79. The molecule has 0 unspecified atom stereocenters. The second-order valence-electron chi connectivity index (χ2n) is 6.58. The van der Waals surface area contributed by atoms with Gasteiger partial charge in [0.05, 0.1) is 11.7 Å². The maximum atomic E-state index is 12.6. The van der Waals surface area contributed by atoms with Crippen LogP contribution in [0.2, 0.25) is 0 Å². The van der Waals surface area contributed by atoms with Crippen LogP contribution in [0.25, 0.3) is 0 Å². The molecule has 0 bridgehead atoms. The van der Waals surface area contributed by atoms with Gasteiger partial charge in [-0.05, 0) is 62.6 Å². The van der Waals surface area contributed by atoms with Crippen LogP contribution in [0, 0.1) is 0 Å². The molecule has 7 heteroatoms. The molecular formula is C21H24F3NO3. The summed E-state index contributed by atoms with van der Waals surface area (Å²) in [7, 11) is 0. The van der Waals surface area contributed by atoms with E-state index in [0.717, 1.165) is 36.3 Å². The molecule has 0 aromatic heterocycles. The summed E-state index contributed by atoms with van der Waals surface area (Å²) in [6.07, 6.45) is -2.80. The third-order valence-electron chi connectivity index (χ3n) is 3.79. The van der Waals surface area contributed by atoms with Crippen molar-refractivity contribution in [3.05, 3.63) is 59.7 Å². The molecule has 0 fully saturated rings. The number of benzene rings is 2. The molecule has 0 radical (unpaired) electrons. The minimum absolute atomic E-state index is 0.00804. The highest BCUT2D eigenvalue weighted by Gasteiger charge is 2.30. The zero-order chi connectivity index (χ0) is 20.6. The Hall–Kier alpha value is -2.70. The first-order valence-corrected chi connectivity index (χ1v) is 9.06. The number of rotatable bonds is 9. The van der Waals surface area contributed by atoms with Gasteiger partial charge in [0.2, 0.25) is 0 Å². The fourth-order valence-corrected chi connectivity index (χ4v) is 2.49. The second-order valence-corrected chi connectivity index (χ2v) is 6.58. The van der Waals surface area contributed by atoms with Gasteiger partial charge in [0.15, 0.2) is 6.61 Å². The van der Waals surface area contributed by atoms with Gasteiger partial charge in [-0.15, -0.1) is 0 Å². The van der Waals surface area contributed by atoms with E-state index in [2.05, 4.69) is 5.32 Å². The average Bonchev–Trinajstić information content (AvgIpc) is 2.64. The van der Waals surface area contributed by atoms with Crippen LogP contribution < -0.4 is 14.8 Å². The van der Waals surface area contributed by atoms with Crippen LogP contribution in [0.1, 0.15) is 31.4 Å². The largest absolute Gasteiger partial charge is 0.491 e. The molecule has 0 saturated carbocycles. The maximum Gasteiger partial charge on any atom is 0.416 e. The number of alkyl halides is 3. The van der Waals surface area contributed by atoms with Crippen LogP contribution >= 0.6 is 0 Å². The molecule has 2 aromatic carbocycles. The predicted molar refractivity (Wildman–Crippen MR) is 100 cm³/mol. The van der Waals surface area contributed by atoms with E-state index in [0.29, 0.717) is 6.54 Å². The minimum atomic E-state index is -4.44. The third kappa shape index (κ3) is 7.50. The topological polar surface area (TPSA) is 47.6 Å². The Morgan fingerprint density at radius 1 is 1.07 bits per heavy atom. The van der Waals surface area contributed by atoms with Crippen LogP contribution in [0.15, 0.2) is 48.5 Å². The lowest BCUT2D eigenvalue weighted by Gasteiger charge is -2.11. The van der Waals surface area contributed by atoms with E-state index < -0.39 is 11.7 Å². The highest BCUT2D eigenvalue weighted by atomic mass is 19.4. The highest BCUT2D eigenvalue weighted by molar-refractivity contribution is 5.77. The molecule has 1 N–H and O–H groups in total. The standard InChI is InChI=1S/C21H24F3NO3/c1-15(2)28-18-10-8-16(9-11-18)5-4-12-25-20(26)14-27-19-7-3-6-17(13-19)21(22,23)24/h3,6-11,13,15H,4-5,12,14H2,1-2H3,(H,25,26). The smallest absolute Gasteiger partial charge is 0.416 e. The van der Waals surface area contributed by atoms with Crippen molar-refractivity contribution < 1.29 is 27.4 Å². The van der Waals surface area contributed by atoms with Crippen LogP contribution in [-0.2, 0) is 17.4 Å². The lowest BCUT2D eigenvalue weighted by atomic mass is 10.1. The van der Waals surface area contributed by atoms with Crippen LogP contribution in [-0.4, -0.2) is 25.2 Å². The Balaban J connectivity index is 1.68.